The lowest BCUT2D eigenvalue weighted by Gasteiger charge is -2.23. The van der Waals surface area contributed by atoms with Crippen LogP contribution in [0.1, 0.15) is 54.0 Å². The number of nitrogens with zero attached hydrogens (tertiary/aromatic N) is 1. The zero-order valence-corrected chi connectivity index (χ0v) is 18.8. The van der Waals surface area contributed by atoms with Crippen LogP contribution in [0.15, 0.2) is 48.5 Å². The molecule has 0 bridgehead atoms. The predicted molar refractivity (Wildman–Crippen MR) is 121 cm³/mol. The van der Waals surface area contributed by atoms with E-state index in [0.29, 0.717) is 24.1 Å². The topological polar surface area (TPSA) is 92.8 Å². The van der Waals surface area contributed by atoms with E-state index in [1.54, 1.807) is 67.3 Å². The predicted octanol–water partition coefficient (Wildman–Crippen LogP) is 3.16. The Labute approximate surface area is 187 Å². The Kier molecular flexibility index (Phi) is 7.08. The Morgan fingerprint density at radius 2 is 1.66 bits per heavy atom. The Hall–Kier alpha value is -3.48. The van der Waals surface area contributed by atoms with Crippen LogP contribution >= 0.6 is 0 Å². The highest BCUT2D eigenvalue weighted by atomic mass is 16.5. The number of nitrogens with one attached hydrogen (secondary N) is 1. The van der Waals surface area contributed by atoms with Gasteiger partial charge in [-0.15, -0.1) is 0 Å². The molecule has 32 heavy (non-hydrogen) atoms. The van der Waals surface area contributed by atoms with Crippen LogP contribution in [-0.2, 0) is 20.7 Å². The molecule has 0 aromatic heterocycles. The zero-order valence-electron chi connectivity index (χ0n) is 18.8. The molecule has 2 atom stereocenters. The molecule has 0 aliphatic carbocycles. The van der Waals surface area contributed by atoms with Gasteiger partial charge in [0.2, 0.25) is 11.7 Å². The number of Topliss-reactive ketones (excluding diaryl/α,β-unsaturated/α-hetero) is 1. The Morgan fingerprint density at radius 3 is 2.28 bits per heavy atom. The van der Waals surface area contributed by atoms with Crippen LogP contribution in [0.2, 0.25) is 0 Å². The van der Waals surface area contributed by atoms with Crippen LogP contribution in [0.5, 0.6) is 0 Å². The van der Waals surface area contributed by atoms with Gasteiger partial charge in [-0.05, 0) is 55.2 Å². The Bertz CT molecular complexity index is 1030. The smallest absolute Gasteiger partial charge is 0.329 e. The van der Waals surface area contributed by atoms with Crippen molar-refractivity contribution in [1.29, 1.82) is 0 Å². The maximum atomic E-state index is 12.9. The fourth-order valence-corrected chi connectivity index (χ4v) is 3.73. The number of esters is 1. The van der Waals surface area contributed by atoms with Gasteiger partial charge in [-0.3, -0.25) is 14.4 Å². The molecule has 7 nitrogen and oxygen atoms in total. The summed E-state index contributed by atoms with van der Waals surface area (Å²) in [6.45, 7) is 7.21. The van der Waals surface area contributed by atoms with Gasteiger partial charge >= 0.3 is 5.97 Å². The van der Waals surface area contributed by atoms with Crippen molar-refractivity contribution in [3.63, 3.8) is 0 Å². The maximum absolute atomic E-state index is 12.9. The highest BCUT2D eigenvalue weighted by Crippen LogP contribution is 2.29. The van der Waals surface area contributed by atoms with E-state index in [0.717, 1.165) is 11.3 Å². The van der Waals surface area contributed by atoms with Gasteiger partial charge in [-0.25, -0.2) is 4.79 Å². The quantitative estimate of drug-likeness (QED) is 0.532. The first-order valence-corrected chi connectivity index (χ1v) is 10.7. The molecule has 0 saturated heterocycles. The molecule has 2 amide bonds. The second-order valence-corrected chi connectivity index (χ2v) is 8.27. The van der Waals surface area contributed by atoms with Crippen molar-refractivity contribution in [2.24, 2.45) is 5.92 Å². The lowest BCUT2D eigenvalue weighted by atomic mass is 10.0. The molecule has 1 aliphatic rings. The van der Waals surface area contributed by atoms with Gasteiger partial charge in [0.25, 0.3) is 5.91 Å². The molecular formula is C25H28N2O5. The van der Waals surface area contributed by atoms with Crippen LogP contribution in [0.4, 0.5) is 5.69 Å². The minimum absolute atomic E-state index is 0.0394. The standard InChI is InChI=1S/C25H28N2O5/c1-15(2)22(26-24(30)18-8-6-5-7-9-18)25(31)32-16(3)23(29)20-10-11-21-19(14-20)12-13-27(21)17(4)28/h5-11,14-16,22H,12-13H2,1-4H3,(H,26,30)/t16-,22-/m1/s1. The van der Waals surface area contributed by atoms with Crippen molar-refractivity contribution >= 4 is 29.3 Å². The summed E-state index contributed by atoms with van der Waals surface area (Å²) in [5.41, 5.74) is 2.58. The number of carbonyl (C=O) groups is 4. The number of ketones is 1. The minimum atomic E-state index is -1.01. The summed E-state index contributed by atoms with van der Waals surface area (Å²) in [5.74, 6) is -1.64. The van der Waals surface area contributed by atoms with E-state index in [4.69, 9.17) is 4.74 Å². The van der Waals surface area contributed by atoms with Gasteiger partial charge < -0.3 is 15.0 Å². The Balaban J connectivity index is 1.67. The molecule has 0 saturated carbocycles. The third-order valence-electron chi connectivity index (χ3n) is 5.54. The first kappa shape index (κ1) is 23.2. The summed E-state index contributed by atoms with van der Waals surface area (Å²) in [6, 6.07) is 12.9. The van der Waals surface area contributed by atoms with Crippen molar-refractivity contribution in [2.45, 2.75) is 46.3 Å². The van der Waals surface area contributed by atoms with Crippen molar-refractivity contribution in [3.8, 4) is 0 Å². The van der Waals surface area contributed by atoms with Gasteiger partial charge in [0.1, 0.15) is 6.04 Å². The molecule has 7 heteroatoms. The minimum Gasteiger partial charge on any atom is -0.453 e. The second kappa shape index (κ2) is 9.77. The molecule has 0 fully saturated rings. The molecule has 2 aromatic carbocycles. The normalized spacial score (nSPS) is 14.5. The molecule has 0 spiro atoms. The van der Waals surface area contributed by atoms with Crippen molar-refractivity contribution in [3.05, 3.63) is 65.2 Å². The van der Waals surface area contributed by atoms with Crippen LogP contribution in [0, 0.1) is 5.92 Å². The SMILES string of the molecule is CC(=O)N1CCc2cc(C(=O)[C@@H](C)OC(=O)[C@H](NC(=O)c3ccccc3)C(C)C)ccc21. The van der Waals surface area contributed by atoms with Gasteiger partial charge in [0, 0.05) is 30.3 Å². The number of carbonyl (C=O) groups excluding carboxylic acids is 4. The molecule has 168 valence electrons. The van der Waals surface area contributed by atoms with Crippen molar-refractivity contribution in [1.82, 2.24) is 5.32 Å². The molecule has 1 heterocycles. The van der Waals surface area contributed by atoms with Crippen molar-refractivity contribution < 1.29 is 23.9 Å². The zero-order chi connectivity index (χ0) is 23.4. The number of ether oxygens (including phenoxy) is 1. The average Bonchev–Trinajstić information content (AvgIpc) is 3.20. The molecular weight excluding hydrogens is 408 g/mol. The number of hydrogen-bond acceptors (Lipinski definition) is 5. The highest BCUT2D eigenvalue weighted by molar-refractivity contribution is 6.02. The monoisotopic (exact) mass is 436 g/mol. The summed E-state index contributed by atoms with van der Waals surface area (Å²) in [7, 11) is 0. The number of hydrogen-bond donors (Lipinski definition) is 1. The second-order valence-electron chi connectivity index (χ2n) is 8.27. The summed E-state index contributed by atoms with van der Waals surface area (Å²) in [4.78, 5) is 51.5. The average molecular weight is 437 g/mol. The first-order valence-electron chi connectivity index (χ1n) is 10.7. The summed E-state index contributed by atoms with van der Waals surface area (Å²) >= 11 is 0. The third kappa shape index (κ3) is 5.04. The van der Waals surface area contributed by atoms with E-state index >= 15 is 0 Å². The lowest BCUT2D eigenvalue weighted by Crippen LogP contribution is -2.46. The van der Waals surface area contributed by atoms with E-state index in [-0.39, 0.29) is 23.5 Å². The molecule has 2 aromatic rings. The molecule has 3 rings (SSSR count). The van der Waals surface area contributed by atoms with E-state index in [2.05, 4.69) is 5.32 Å². The summed E-state index contributed by atoms with van der Waals surface area (Å²) in [5, 5.41) is 2.70. The van der Waals surface area contributed by atoms with E-state index in [9.17, 15) is 19.2 Å². The fraction of sp³-hybridized carbons (Fsp3) is 0.360. The van der Waals surface area contributed by atoms with Crippen LogP contribution in [0.3, 0.4) is 0 Å². The number of amides is 2. The van der Waals surface area contributed by atoms with Gasteiger partial charge in [0.05, 0.1) is 0 Å². The van der Waals surface area contributed by atoms with Gasteiger partial charge in [-0.2, -0.15) is 0 Å². The molecule has 1 N–H and O–H groups in total. The van der Waals surface area contributed by atoms with Crippen LogP contribution in [0.25, 0.3) is 0 Å². The first-order chi connectivity index (χ1) is 15.2. The molecule has 0 radical (unpaired) electrons. The third-order valence-corrected chi connectivity index (χ3v) is 5.54. The van der Waals surface area contributed by atoms with Crippen LogP contribution < -0.4 is 10.2 Å². The summed E-state index contributed by atoms with van der Waals surface area (Å²) < 4.78 is 5.44. The van der Waals surface area contributed by atoms with Crippen LogP contribution in [-0.4, -0.2) is 42.3 Å². The highest BCUT2D eigenvalue weighted by Gasteiger charge is 2.30. The van der Waals surface area contributed by atoms with E-state index in [1.807, 2.05) is 0 Å². The number of rotatable bonds is 7. The molecule has 1 aliphatic heterocycles. The van der Waals surface area contributed by atoms with E-state index in [1.165, 1.54) is 13.8 Å². The summed E-state index contributed by atoms with van der Waals surface area (Å²) in [6.07, 6.45) is -0.341. The Morgan fingerprint density at radius 1 is 0.969 bits per heavy atom. The maximum Gasteiger partial charge on any atom is 0.329 e. The van der Waals surface area contributed by atoms with Gasteiger partial charge in [-0.1, -0.05) is 32.0 Å². The number of anilines is 1. The molecule has 0 unspecified atom stereocenters. The van der Waals surface area contributed by atoms with Crippen molar-refractivity contribution in [2.75, 3.05) is 11.4 Å². The number of fused-ring (bicyclic) bond motifs is 1. The van der Waals surface area contributed by atoms with Gasteiger partial charge in [0.15, 0.2) is 6.10 Å². The fourth-order valence-electron chi connectivity index (χ4n) is 3.73. The lowest BCUT2D eigenvalue weighted by molar-refractivity contribution is -0.149. The number of benzene rings is 2. The largest absolute Gasteiger partial charge is 0.453 e. The van der Waals surface area contributed by atoms with E-state index < -0.39 is 18.1 Å².